The number of aromatic nitrogens is 6. The Balaban J connectivity index is 1.48. The van der Waals surface area contributed by atoms with Gasteiger partial charge in [0.1, 0.15) is 23.2 Å². The molecule has 4 heterocycles. The lowest BCUT2D eigenvalue weighted by Gasteiger charge is -2.19. The average Bonchev–Trinajstić information content (AvgIpc) is 3.40. The fraction of sp³-hybridized carbons (Fsp3) is 0.333. The monoisotopic (exact) mass is 541 g/mol. The summed E-state index contributed by atoms with van der Waals surface area (Å²) in [5, 5.41) is 13.8. The first-order valence-corrected chi connectivity index (χ1v) is 11.9. The van der Waals surface area contributed by atoms with Gasteiger partial charge in [-0.2, -0.15) is 20.1 Å². The highest BCUT2D eigenvalue weighted by Gasteiger charge is 2.32. The van der Waals surface area contributed by atoms with Gasteiger partial charge in [-0.1, -0.05) is 6.07 Å². The normalized spacial score (nSPS) is 15.0. The van der Waals surface area contributed by atoms with E-state index in [0.717, 1.165) is 21.6 Å². The molecule has 9 nitrogen and oxygen atoms in total. The molecule has 0 saturated carbocycles. The SMILES string of the molecule is C[C@@H](Oc1cc(Br)cnc1N)c1ccc(F)cc1-c1nn(C)nc1Cc1cc2n(n1)CC(C)(C)O2. The molecule has 3 aromatic heterocycles. The summed E-state index contributed by atoms with van der Waals surface area (Å²) in [4.78, 5) is 5.59. The van der Waals surface area contributed by atoms with E-state index in [-0.39, 0.29) is 17.2 Å². The second-order valence-electron chi connectivity index (χ2n) is 9.18. The molecule has 0 aliphatic carbocycles. The summed E-state index contributed by atoms with van der Waals surface area (Å²) in [5.41, 5.74) is 9.07. The number of nitrogens with zero attached hydrogens (tertiary/aromatic N) is 6. The molecule has 1 aromatic carbocycles. The van der Waals surface area contributed by atoms with Gasteiger partial charge in [0.25, 0.3) is 0 Å². The van der Waals surface area contributed by atoms with Gasteiger partial charge in [-0.15, -0.1) is 0 Å². The molecule has 2 N–H and O–H groups in total. The molecule has 0 spiro atoms. The average molecular weight is 542 g/mol. The van der Waals surface area contributed by atoms with Gasteiger partial charge in [0, 0.05) is 41.3 Å². The molecule has 0 amide bonds. The third-order valence-electron chi connectivity index (χ3n) is 5.70. The molecule has 35 heavy (non-hydrogen) atoms. The lowest BCUT2D eigenvalue weighted by atomic mass is 9.98. The Morgan fingerprint density at radius 2 is 2.03 bits per heavy atom. The van der Waals surface area contributed by atoms with Crippen LogP contribution in [0.2, 0.25) is 0 Å². The maximum atomic E-state index is 14.4. The molecule has 1 atom stereocenters. The topological polar surface area (TPSA) is 106 Å². The molecular formula is C24H25BrFN7O2. The number of benzene rings is 1. The van der Waals surface area contributed by atoms with Crippen molar-refractivity contribution in [3.05, 3.63) is 63.8 Å². The maximum absolute atomic E-state index is 14.4. The number of nitrogen functional groups attached to an aromatic ring is 1. The van der Waals surface area contributed by atoms with Crippen molar-refractivity contribution in [3.63, 3.8) is 0 Å². The first kappa shape index (κ1) is 23.3. The summed E-state index contributed by atoms with van der Waals surface area (Å²) in [6.07, 6.45) is 1.55. The number of nitrogens with two attached hydrogens (primary N) is 1. The van der Waals surface area contributed by atoms with Crippen LogP contribution in [0, 0.1) is 5.82 Å². The summed E-state index contributed by atoms with van der Waals surface area (Å²) < 4.78 is 29.1. The molecule has 11 heteroatoms. The summed E-state index contributed by atoms with van der Waals surface area (Å²) in [6, 6.07) is 8.20. The molecule has 5 rings (SSSR count). The molecule has 1 aliphatic rings. The fourth-order valence-electron chi connectivity index (χ4n) is 4.22. The Morgan fingerprint density at radius 3 is 2.80 bits per heavy atom. The van der Waals surface area contributed by atoms with E-state index in [9.17, 15) is 4.39 Å². The molecule has 182 valence electrons. The van der Waals surface area contributed by atoms with Gasteiger partial charge in [0.15, 0.2) is 11.6 Å². The van der Waals surface area contributed by atoms with E-state index in [4.69, 9.17) is 15.2 Å². The van der Waals surface area contributed by atoms with Gasteiger partial charge in [-0.3, -0.25) is 0 Å². The molecule has 1 aliphatic heterocycles. The van der Waals surface area contributed by atoms with E-state index >= 15 is 0 Å². The first-order valence-electron chi connectivity index (χ1n) is 11.1. The predicted molar refractivity (Wildman–Crippen MR) is 132 cm³/mol. The van der Waals surface area contributed by atoms with Crippen LogP contribution in [0.4, 0.5) is 10.2 Å². The van der Waals surface area contributed by atoms with Crippen molar-refractivity contribution in [2.24, 2.45) is 7.05 Å². The largest absolute Gasteiger partial charge is 0.482 e. The molecular weight excluding hydrogens is 517 g/mol. The summed E-state index contributed by atoms with van der Waals surface area (Å²) in [7, 11) is 1.73. The van der Waals surface area contributed by atoms with Crippen molar-refractivity contribution < 1.29 is 13.9 Å². The van der Waals surface area contributed by atoms with Crippen molar-refractivity contribution in [2.45, 2.75) is 45.4 Å². The Bertz CT molecular complexity index is 1390. The minimum absolute atomic E-state index is 0.266. The minimum Gasteiger partial charge on any atom is -0.482 e. The number of pyridine rings is 1. The first-order chi connectivity index (χ1) is 16.6. The second kappa shape index (κ2) is 8.63. The molecule has 0 saturated heterocycles. The summed E-state index contributed by atoms with van der Waals surface area (Å²) >= 11 is 3.38. The number of anilines is 1. The van der Waals surface area contributed by atoms with Crippen LogP contribution in [0.15, 0.2) is 41.0 Å². The Morgan fingerprint density at radius 1 is 1.23 bits per heavy atom. The standard InChI is InChI=1S/C24H25BrFN7O2/c1-13(34-20-7-14(25)11-28-23(20)27)17-6-5-15(26)8-18(17)22-19(30-32(4)31-22)9-16-10-21-33(29-16)12-24(2,3)35-21/h5-8,10-11,13H,9,12H2,1-4H3,(H2,27,28)/t13-/m1/s1. The molecule has 0 radical (unpaired) electrons. The van der Waals surface area contributed by atoms with Crippen LogP contribution in [0.5, 0.6) is 11.6 Å². The number of rotatable bonds is 6. The lowest BCUT2D eigenvalue weighted by Crippen LogP contribution is -2.26. The molecule has 4 aromatic rings. The van der Waals surface area contributed by atoms with E-state index in [0.29, 0.717) is 35.7 Å². The number of fused-ring (bicyclic) bond motifs is 1. The Labute approximate surface area is 210 Å². The zero-order valence-electron chi connectivity index (χ0n) is 19.8. The van der Waals surface area contributed by atoms with Crippen LogP contribution < -0.4 is 15.2 Å². The summed E-state index contributed by atoms with van der Waals surface area (Å²) in [6.45, 7) is 6.58. The van der Waals surface area contributed by atoms with Gasteiger partial charge >= 0.3 is 0 Å². The van der Waals surface area contributed by atoms with Crippen molar-refractivity contribution in [1.29, 1.82) is 0 Å². The van der Waals surface area contributed by atoms with E-state index in [1.807, 2.05) is 31.5 Å². The van der Waals surface area contributed by atoms with Crippen LogP contribution in [0.1, 0.15) is 43.8 Å². The quantitative estimate of drug-likeness (QED) is 0.384. The zero-order valence-corrected chi connectivity index (χ0v) is 21.4. The molecule has 0 unspecified atom stereocenters. The van der Waals surface area contributed by atoms with Crippen molar-refractivity contribution in [3.8, 4) is 22.9 Å². The van der Waals surface area contributed by atoms with Gasteiger partial charge in [0.05, 0.1) is 17.9 Å². The maximum Gasteiger partial charge on any atom is 0.212 e. The van der Waals surface area contributed by atoms with Crippen molar-refractivity contribution in [2.75, 3.05) is 5.73 Å². The van der Waals surface area contributed by atoms with Crippen LogP contribution >= 0.6 is 15.9 Å². The number of halogens is 2. The number of hydrogen-bond donors (Lipinski definition) is 1. The highest BCUT2D eigenvalue weighted by atomic mass is 79.9. The van der Waals surface area contributed by atoms with Crippen LogP contribution in [-0.4, -0.2) is 35.4 Å². The zero-order chi connectivity index (χ0) is 24.9. The highest BCUT2D eigenvalue weighted by molar-refractivity contribution is 9.10. The number of hydrogen-bond acceptors (Lipinski definition) is 7. The second-order valence-corrected chi connectivity index (χ2v) is 10.1. The lowest BCUT2D eigenvalue weighted by molar-refractivity contribution is 0.135. The van der Waals surface area contributed by atoms with E-state index in [2.05, 4.69) is 36.2 Å². The van der Waals surface area contributed by atoms with Gasteiger partial charge < -0.3 is 15.2 Å². The number of ether oxygens (including phenoxy) is 2. The Kier molecular flexibility index (Phi) is 5.74. The van der Waals surface area contributed by atoms with Crippen molar-refractivity contribution in [1.82, 2.24) is 29.8 Å². The van der Waals surface area contributed by atoms with Crippen LogP contribution in [0.3, 0.4) is 0 Å². The fourth-order valence-corrected chi connectivity index (χ4v) is 4.53. The molecule has 0 fully saturated rings. The third kappa shape index (κ3) is 4.72. The highest BCUT2D eigenvalue weighted by Crippen LogP contribution is 2.35. The van der Waals surface area contributed by atoms with Crippen molar-refractivity contribution >= 4 is 21.7 Å². The summed E-state index contributed by atoms with van der Waals surface area (Å²) in [5.74, 6) is 1.04. The predicted octanol–water partition coefficient (Wildman–Crippen LogP) is 4.46. The van der Waals surface area contributed by atoms with Gasteiger partial charge in [0.2, 0.25) is 5.88 Å². The van der Waals surface area contributed by atoms with E-state index in [1.165, 1.54) is 16.9 Å². The Hall–Kier alpha value is -3.47. The van der Waals surface area contributed by atoms with E-state index < -0.39 is 6.10 Å². The number of aryl methyl sites for hydroxylation is 1. The molecule has 0 bridgehead atoms. The van der Waals surface area contributed by atoms with Crippen LogP contribution in [-0.2, 0) is 20.0 Å². The van der Waals surface area contributed by atoms with Gasteiger partial charge in [-0.25, -0.2) is 14.1 Å². The minimum atomic E-state index is -0.467. The third-order valence-corrected chi connectivity index (χ3v) is 6.13. The van der Waals surface area contributed by atoms with Crippen LogP contribution in [0.25, 0.3) is 11.3 Å². The van der Waals surface area contributed by atoms with E-state index in [1.54, 1.807) is 25.4 Å². The van der Waals surface area contributed by atoms with Gasteiger partial charge in [-0.05, 0) is 54.9 Å². The smallest absolute Gasteiger partial charge is 0.212 e.